The lowest BCUT2D eigenvalue weighted by molar-refractivity contribution is -0.127. The Balaban J connectivity index is 2.66. The highest BCUT2D eigenvalue weighted by atomic mass is 32.1. The van der Waals surface area contributed by atoms with E-state index in [2.05, 4.69) is 26.1 Å². The lowest BCUT2D eigenvalue weighted by Crippen LogP contribution is -2.37. The van der Waals surface area contributed by atoms with Crippen molar-refractivity contribution < 1.29 is 9.90 Å². The Kier molecular flexibility index (Phi) is 6.36. The van der Waals surface area contributed by atoms with Crippen LogP contribution in [0, 0.1) is 11.8 Å². The molecule has 1 aromatic rings. The van der Waals surface area contributed by atoms with Crippen molar-refractivity contribution >= 4 is 17.2 Å². The quantitative estimate of drug-likeness (QED) is 0.799. The van der Waals surface area contributed by atoms with E-state index in [-0.39, 0.29) is 24.5 Å². The predicted octanol–water partition coefficient (Wildman–Crippen LogP) is 2.97. The summed E-state index contributed by atoms with van der Waals surface area (Å²) in [6.45, 7) is 6.17. The molecule has 0 aromatic carbocycles. The number of nitrogens with one attached hydrogen (secondary N) is 1. The molecule has 18 heavy (non-hydrogen) atoms. The molecule has 1 amide bonds. The standard InChI is InChI=1S/C14H23NO2S/c1-4-5-12(10(2)3)14(17)15-13(8-16)11-6-7-18-9-11/h6-7,9-10,12-13,16H,4-5,8H2,1-3H3,(H,15,17)/t12-,13+/m1/s1. The highest BCUT2D eigenvalue weighted by molar-refractivity contribution is 7.07. The first-order chi connectivity index (χ1) is 8.60. The van der Waals surface area contributed by atoms with Gasteiger partial charge in [0.25, 0.3) is 0 Å². The average Bonchev–Trinajstić information content (AvgIpc) is 2.85. The molecule has 0 saturated heterocycles. The molecule has 2 atom stereocenters. The van der Waals surface area contributed by atoms with Crippen LogP contribution in [0.2, 0.25) is 0 Å². The van der Waals surface area contributed by atoms with Crippen molar-refractivity contribution in [1.82, 2.24) is 5.32 Å². The van der Waals surface area contributed by atoms with E-state index in [1.165, 1.54) is 0 Å². The maximum absolute atomic E-state index is 12.2. The highest BCUT2D eigenvalue weighted by Crippen LogP contribution is 2.21. The fraction of sp³-hybridized carbons (Fsp3) is 0.643. The third-order valence-electron chi connectivity index (χ3n) is 3.19. The monoisotopic (exact) mass is 269 g/mol. The molecule has 0 bridgehead atoms. The summed E-state index contributed by atoms with van der Waals surface area (Å²) in [6.07, 6.45) is 1.89. The average molecular weight is 269 g/mol. The number of rotatable bonds is 7. The Morgan fingerprint density at radius 2 is 2.22 bits per heavy atom. The molecule has 0 unspecified atom stereocenters. The molecule has 1 heterocycles. The van der Waals surface area contributed by atoms with Crippen molar-refractivity contribution in [2.45, 2.75) is 39.7 Å². The van der Waals surface area contributed by atoms with Gasteiger partial charge in [0.15, 0.2) is 0 Å². The van der Waals surface area contributed by atoms with E-state index in [0.29, 0.717) is 5.92 Å². The van der Waals surface area contributed by atoms with Gasteiger partial charge in [-0.3, -0.25) is 4.79 Å². The Hall–Kier alpha value is -0.870. The van der Waals surface area contributed by atoms with Crippen LogP contribution < -0.4 is 5.32 Å². The van der Waals surface area contributed by atoms with Gasteiger partial charge in [0.2, 0.25) is 5.91 Å². The maximum atomic E-state index is 12.2. The van der Waals surface area contributed by atoms with Crippen LogP contribution in [0.15, 0.2) is 16.8 Å². The first-order valence-electron chi connectivity index (χ1n) is 6.53. The second-order valence-electron chi connectivity index (χ2n) is 4.94. The molecule has 3 nitrogen and oxygen atoms in total. The van der Waals surface area contributed by atoms with Crippen molar-refractivity contribution in [3.8, 4) is 0 Å². The lowest BCUT2D eigenvalue weighted by atomic mass is 9.90. The third kappa shape index (κ3) is 4.10. The van der Waals surface area contributed by atoms with E-state index in [9.17, 15) is 9.90 Å². The second kappa shape index (κ2) is 7.54. The lowest BCUT2D eigenvalue weighted by Gasteiger charge is -2.23. The van der Waals surface area contributed by atoms with Crippen LogP contribution in [0.25, 0.3) is 0 Å². The fourth-order valence-corrected chi connectivity index (χ4v) is 2.78. The van der Waals surface area contributed by atoms with Crippen LogP contribution in [0.4, 0.5) is 0 Å². The molecule has 1 aromatic heterocycles. The summed E-state index contributed by atoms with van der Waals surface area (Å²) in [7, 11) is 0. The van der Waals surface area contributed by atoms with Gasteiger partial charge in [-0.05, 0) is 34.7 Å². The molecule has 0 aliphatic heterocycles. The Bertz CT molecular complexity index is 349. The molecular formula is C14H23NO2S. The number of hydrogen-bond acceptors (Lipinski definition) is 3. The highest BCUT2D eigenvalue weighted by Gasteiger charge is 2.24. The van der Waals surface area contributed by atoms with Crippen molar-refractivity contribution in [3.05, 3.63) is 22.4 Å². The van der Waals surface area contributed by atoms with E-state index in [0.717, 1.165) is 18.4 Å². The van der Waals surface area contributed by atoms with E-state index < -0.39 is 0 Å². The zero-order valence-electron chi connectivity index (χ0n) is 11.3. The Morgan fingerprint density at radius 1 is 1.50 bits per heavy atom. The molecule has 1 rings (SSSR count). The van der Waals surface area contributed by atoms with Gasteiger partial charge in [0.1, 0.15) is 0 Å². The zero-order valence-corrected chi connectivity index (χ0v) is 12.2. The van der Waals surface area contributed by atoms with Gasteiger partial charge in [0, 0.05) is 5.92 Å². The fourth-order valence-electron chi connectivity index (χ4n) is 2.06. The van der Waals surface area contributed by atoms with E-state index >= 15 is 0 Å². The summed E-state index contributed by atoms with van der Waals surface area (Å²) in [5.74, 6) is 0.409. The van der Waals surface area contributed by atoms with Gasteiger partial charge in [-0.2, -0.15) is 11.3 Å². The minimum atomic E-state index is -0.276. The van der Waals surface area contributed by atoms with Gasteiger partial charge in [-0.1, -0.05) is 27.2 Å². The van der Waals surface area contributed by atoms with Crippen LogP contribution in [-0.2, 0) is 4.79 Å². The van der Waals surface area contributed by atoms with Crippen molar-refractivity contribution in [2.24, 2.45) is 11.8 Å². The minimum absolute atomic E-state index is 0.0303. The molecule has 102 valence electrons. The summed E-state index contributed by atoms with van der Waals surface area (Å²) >= 11 is 1.57. The summed E-state index contributed by atoms with van der Waals surface area (Å²) in [5, 5.41) is 16.3. The maximum Gasteiger partial charge on any atom is 0.223 e. The van der Waals surface area contributed by atoms with Gasteiger partial charge in [0.05, 0.1) is 12.6 Å². The Labute approximate surface area is 113 Å². The van der Waals surface area contributed by atoms with Crippen molar-refractivity contribution in [2.75, 3.05) is 6.61 Å². The molecule has 4 heteroatoms. The molecule has 0 saturated carbocycles. The van der Waals surface area contributed by atoms with Crippen molar-refractivity contribution in [3.63, 3.8) is 0 Å². The molecular weight excluding hydrogens is 246 g/mol. The van der Waals surface area contributed by atoms with E-state index in [4.69, 9.17) is 0 Å². The molecule has 2 N–H and O–H groups in total. The van der Waals surface area contributed by atoms with E-state index in [1.807, 2.05) is 16.8 Å². The molecule has 0 spiro atoms. The van der Waals surface area contributed by atoms with Crippen LogP contribution in [0.5, 0.6) is 0 Å². The van der Waals surface area contributed by atoms with Gasteiger partial charge in [-0.25, -0.2) is 0 Å². The number of hydrogen-bond donors (Lipinski definition) is 2. The summed E-state index contributed by atoms with van der Waals surface area (Å²) in [5.41, 5.74) is 0.981. The molecule has 0 aliphatic rings. The number of carbonyl (C=O) groups excluding carboxylic acids is 1. The number of amides is 1. The van der Waals surface area contributed by atoms with E-state index in [1.54, 1.807) is 11.3 Å². The van der Waals surface area contributed by atoms with Crippen LogP contribution in [-0.4, -0.2) is 17.6 Å². The first kappa shape index (κ1) is 15.2. The summed E-state index contributed by atoms with van der Waals surface area (Å²) < 4.78 is 0. The largest absolute Gasteiger partial charge is 0.394 e. The number of aliphatic hydroxyl groups is 1. The zero-order chi connectivity index (χ0) is 13.5. The third-order valence-corrected chi connectivity index (χ3v) is 3.89. The number of thiophene rings is 1. The van der Waals surface area contributed by atoms with Gasteiger partial charge >= 0.3 is 0 Å². The van der Waals surface area contributed by atoms with Crippen molar-refractivity contribution in [1.29, 1.82) is 0 Å². The SMILES string of the molecule is CCC[C@@H](C(=O)N[C@@H](CO)c1ccsc1)C(C)C. The van der Waals surface area contributed by atoms with Gasteiger partial charge < -0.3 is 10.4 Å². The van der Waals surface area contributed by atoms with Gasteiger partial charge in [-0.15, -0.1) is 0 Å². The molecule has 0 radical (unpaired) electrons. The minimum Gasteiger partial charge on any atom is -0.394 e. The summed E-state index contributed by atoms with van der Waals surface area (Å²) in [6, 6.07) is 1.66. The number of aliphatic hydroxyl groups excluding tert-OH is 1. The van der Waals surface area contributed by atoms with Crippen LogP contribution in [0.3, 0.4) is 0 Å². The topological polar surface area (TPSA) is 49.3 Å². The molecule has 0 fully saturated rings. The predicted molar refractivity (Wildman–Crippen MR) is 75.5 cm³/mol. The Morgan fingerprint density at radius 3 is 2.67 bits per heavy atom. The number of carbonyl (C=O) groups is 1. The normalized spacial score (nSPS) is 14.5. The smallest absolute Gasteiger partial charge is 0.223 e. The molecule has 0 aliphatic carbocycles. The van der Waals surface area contributed by atoms with Crippen LogP contribution in [0.1, 0.15) is 45.2 Å². The summed E-state index contributed by atoms with van der Waals surface area (Å²) in [4.78, 5) is 12.2. The first-order valence-corrected chi connectivity index (χ1v) is 7.47. The second-order valence-corrected chi connectivity index (χ2v) is 5.72. The van der Waals surface area contributed by atoms with Crippen LogP contribution >= 0.6 is 11.3 Å².